The molecule has 4 aliphatic carbocycles. The molecule has 35 heavy (non-hydrogen) atoms. The summed E-state index contributed by atoms with van der Waals surface area (Å²) in [5.41, 5.74) is 1.99. The van der Waals surface area contributed by atoms with E-state index in [-0.39, 0.29) is 5.54 Å². The molecule has 2 aromatic rings. The number of ether oxygens (including phenoxy) is 1. The van der Waals surface area contributed by atoms with Crippen molar-refractivity contribution in [1.29, 1.82) is 0 Å². The summed E-state index contributed by atoms with van der Waals surface area (Å²) < 4.78 is 10.4. The van der Waals surface area contributed by atoms with E-state index in [1.165, 1.54) is 31.0 Å². The monoisotopic (exact) mass is 497 g/mol. The fraction of sp³-hybridized carbons (Fsp3) is 0.538. The summed E-state index contributed by atoms with van der Waals surface area (Å²) in [5, 5.41) is 9.40. The van der Waals surface area contributed by atoms with Gasteiger partial charge in [-0.05, 0) is 82.3 Å². The van der Waals surface area contributed by atoms with E-state index in [2.05, 4.69) is 15.8 Å². The number of thioether (sulfide) groups is 1. The number of urea groups is 1. The van der Waals surface area contributed by atoms with E-state index in [0.29, 0.717) is 29.1 Å². The zero-order valence-corrected chi connectivity index (χ0v) is 20.9. The number of aryl methyl sites for hydroxylation is 2. The highest BCUT2D eigenvalue weighted by molar-refractivity contribution is 7.98. The standard InChI is InChI=1S/C26H31N3O5S/c1-15-21(16(2)34-29-15)14-35-22-6-4-3-5-20(22)24(31)33-13-23(30)27-25(32)28-26-10-17-7-18(11-26)9-19(8-17)12-26/h3-6,17-19H,7-14H2,1-2H3,(H2,27,28,30,32). The lowest BCUT2D eigenvalue weighted by molar-refractivity contribution is -0.123. The number of nitrogens with zero attached hydrogens (tertiary/aromatic N) is 1. The average molecular weight is 498 g/mol. The maximum Gasteiger partial charge on any atom is 0.339 e. The number of carbonyl (C=O) groups is 3. The average Bonchev–Trinajstić information content (AvgIpc) is 3.12. The number of hydrogen-bond acceptors (Lipinski definition) is 7. The SMILES string of the molecule is Cc1noc(C)c1CSc1ccccc1C(=O)OCC(=O)NC(=O)NC12CC3CC(CC(C3)C1)C2. The summed E-state index contributed by atoms with van der Waals surface area (Å²) in [5.74, 6) is 2.16. The second-order valence-corrected chi connectivity index (χ2v) is 11.4. The Bertz CT molecular complexity index is 1090. The van der Waals surface area contributed by atoms with Crippen molar-refractivity contribution >= 4 is 29.7 Å². The molecule has 0 saturated heterocycles. The van der Waals surface area contributed by atoms with Gasteiger partial charge in [0.1, 0.15) is 5.76 Å². The summed E-state index contributed by atoms with van der Waals surface area (Å²) in [6.45, 7) is 3.22. The van der Waals surface area contributed by atoms with Crippen LogP contribution in [0.15, 0.2) is 33.7 Å². The molecule has 4 saturated carbocycles. The molecule has 0 aliphatic heterocycles. The second-order valence-electron chi connectivity index (χ2n) is 10.4. The zero-order chi connectivity index (χ0) is 24.6. The molecule has 4 bridgehead atoms. The minimum Gasteiger partial charge on any atom is -0.452 e. The lowest BCUT2D eigenvalue weighted by Gasteiger charge is -2.56. The number of amides is 3. The number of nitrogens with one attached hydrogen (secondary N) is 2. The predicted octanol–water partition coefficient (Wildman–Crippen LogP) is 4.54. The van der Waals surface area contributed by atoms with E-state index in [1.807, 2.05) is 26.0 Å². The molecule has 0 atom stereocenters. The quantitative estimate of drug-likeness (QED) is 0.427. The smallest absolute Gasteiger partial charge is 0.339 e. The minimum atomic E-state index is -0.638. The molecular formula is C26H31N3O5S. The highest BCUT2D eigenvalue weighted by Gasteiger charge is 2.51. The van der Waals surface area contributed by atoms with Crippen molar-refractivity contribution in [3.05, 3.63) is 46.8 Å². The summed E-state index contributed by atoms with van der Waals surface area (Å²) in [6, 6.07) is 6.58. The highest BCUT2D eigenvalue weighted by atomic mass is 32.2. The van der Waals surface area contributed by atoms with Gasteiger partial charge >= 0.3 is 12.0 Å². The van der Waals surface area contributed by atoms with Gasteiger partial charge in [0, 0.05) is 21.8 Å². The van der Waals surface area contributed by atoms with Crippen LogP contribution in [0, 0.1) is 31.6 Å². The Kier molecular flexibility index (Phi) is 6.61. The van der Waals surface area contributed by atoms with Gasteiger partial charge in [0.2, 0.25) is 0 Å². The van der Waals surface area contributed by atoms with Crippen molar-refractivity contribution in [2.75, 3.05) is 6.61 Å². The van der Waals surface area contributed by atoms with E-state index >= 15 is 0 Å². The topological polar surface area (TPSA) is 111 Å². The van der Waals surface area contributed by atoms with E-state index in [1.54, 1.807) is 12.1 Å². The van der Waals surface area contributed by atoms with Crippen LogP contribution < -0.4 is 10.6 Å². The third-order valence-electron chi connectivity index (χ3n) is 7.66. The van der Waals surface area contributed by atoms with Crippen LogP contribution in [0.5, 0.6) is 0 Å². The van der Waals surface area contributed by atoms with Crippen LogP contribution >= 0.6 is 11.8 Å². The summed E-state index contributed by atoms with van der Waals surface area (Å²) in [4.78, 5) is 38.3. The van der Waals surface area contributed by atoms with Crippen LogP contribution in [0.25, 0.3) is 0 Å². The molecule has 9 heteroatoms. The Morgan fingerprint density at radius 3 is 2.37 bits per heavy atom. The third kappa shape index (κ3) is 5.24. The fourth-order valence-electron chi connectivity index (χ4n) is 6.53. The molecule has 4 fully saturated rings. The molecule has 1 aromatic heterocycles. The van der Waals surface area contributed by atoms with E-state index < -0.39 is 24.5 Å². The molecular weight excluding hydrogens is 466 g/mol. The number of hydrogen-bond donors (Lipinski definition) is 2. The van der Waals surface area contributed by atoms with Crippen molar-refractivity contribution in [2.45, 2.75) is 68.6 Å². The van der Waals surface area contributed by atoms with Crippen LogP contribution in [0.4, 0.5) is 4.79 Å². The number of esters is 1. The second kappa shape index (κ2) is 9.68. The van der Waals surface area contributed by atoms with Crippen LogP contribution in [-0.4, -0.2) is 35.2 Å². The van der Waals surface area contributed by atoms with Crippen LogP contribution in [0.2, 0.25) is 0 Å². The van der Waals surface area contributed by atoms with Gasteiger partial charge in [-0.15, -0.1) is 11.8 Å². The van der Waals surface area contributed by atoms with Crippen molar-refractivity contribution in [1.82, 2.24) is 15.8 Å². The first-order valence-corrected chi connectivity index (χ1v) is 13.2. The van der Waals surface area contributed by atoms with Gasteiger partial charge in [0.25, 0.3) is 5.91 Å². The molecule has 4 aliphatic rings. The molecule has 3 amide bonds. The van der Waals surface area contributed by atoms with Gasteiger partial charge in [0.05, 0.1) is 11.3 Å². The molecule has 2 N–H and O–H groups in total. The van der Waals surface area contributed by atoms with E-state index in [4.69, 9.17) is 9.26 Å². The molecule has 0 spiro atoms. The zero-order valence-electron chi connectivity index (χ0n) is 20.1. The molecule has 8 nitrogen and oxygen atoms in total. The van der Waals surface area contributed by atoms with Crippen LogP contribution in [0.3, 0.4) is 0 Å². The van der Waals surface area contributed by atoms with Gasteiger partial charge in [-0.1, -0.05) is 17.3 Å². The van der Waals surface area contributed by atoms with Crippen LogP contribution in [-0.2, 0) is 15.3 Å². The van der Waals surface area contributed by atoms with Crippen molar-refractivity contribution in [2.24, 2.45) is 17.8 Å². The Morgan fingerprint density at radius 1 is 1.09 bits per heavy atom. The van der Waals surface area contributed by atoms with Gasteiger partial charge in [-0.2, -0.15) is 0 Å². The number of aromatic nitrogens is 1. The van der Waals surface area contributed by atoms with Crippen molar-refractivity contribution in [3.63, 3.8) is 0 Å². The van der Waals surface area contributed by atoms with E-state index in [9.17, 15) is 14.4 Å². The maximum atomic E-state index is 12.7. The Morgan fingerprint density at radius 2 is 1.74 bits per heavy atom. The van der Waals surface area contributed by atoms with Crippen molar-refractivity contribution < 1.29 is 23.6 Å². The molecule has 1 heterocycles. The molecule has 6 rings (SSSR count). The van der Waals surface area contributed by atoms with Gasteiger partial charge in [-0.3, -0.25) is 10.1 Å². The maximum absolute atomic E-state index is 12.7. The Balaban J connectivity index is 1.12. The van der Waals surface area contributed by atoms with Gasteiger partial charge < -0.3 is 14.6 Å². The van der Waals surface area contributed by atoms with E-state index in [0.717, 1.165) is 41.2 Å². The first-order chi connectivity index (χ1) is 16.8. The summed E-state index contributed by atoms with van der Waals surface area (Å²) in [7, 11) is 0. The largest absolute Gasteiger partial charge is 0.452 e. The summed E-state index contributed by atoms with van der Waals surface area (Å²) >= 11 is 1.47. The molecule has 0 unspecified atom stereocenters. The third-order valence-corrected chi connectivity index (χ3v) is 8.76. The van der Waals surface area contributed by atoms with Crippen molar-refractivity contribution in [3.8, 4) is 0 Å². The number of rotatable bonds is 7. The molecule has 186 valence electrons. The predicted molar refractivity (Wildman–Crippen MR) is 130 cm³/mol. The summed E-state index contributed by atoms with van der Waals surface area (Å²) in [6.07, 6.45) is 6.81. The highest BCUT2D eigenvalue weighted by Crippen LogP contribution is 2.55. The van der Waals surface area contributed by atoms with Gasteiger partial charge in [-0.25, -0.2) is 9.59 Å². The van der Waals surface area contributed by atoms with Gasteiger partial charge in [0.15, 0.2) is 6.61 Å². The lowest BCUT2D eigenvalue weighted by Crippen LogP contribution is -2.62. The first kappa shape index (κ1) is 23.9. The first-order valence-electron chi connectivity index (χ1n) is 12.2. The number of benzene rings is 1. The Hall–Kier alpha value is -2.81. The normalized spacial score (nSPS) is 26.4. The lowest BCUT2D eigenvalue weighted by atomic mass is 9.53. The number of imide groups is 1. The number of carbonyl (C=O) groups excluding carboxylic acids is 3. The molecule has 1 aromatic carbocycles. The molecule has 0 radical (unpaired) electrons. The van der Waals surface area contributed by atoms with Crippen LogP contribution in [0.1, 0.15) is 65.9 Å². The Labute approximate surface area is 208 Å². The fourth-order valence-corrected chi connectivity index (χ4v) is 7.72. The minimum absolute atomic E-state index is 0.187.